The average molecular weight is 201 g/mol. The van der Waals surface area contributed by atoms with Crippen LogP contribution in [0.3, 0.4) is 0 Å². The first-order valence-corrected chi connectivity index (χ1v) is 4.74. The standard InChI is InChI=1S/C9H13ClN2O/c1-3-4-7(2)13-9-5-8(10)11-6-12-9/h5-7H,3-4H2,1-2H3. The number of rotatable bonds is 4. The van der Waals surface area contributed by atoms with Crippen LogP contribution < -0.4 is 4.74 Å². The Hall–Kier alpha value is -0.830. The zero-order valence-corrected chi connectivity index (χ0v) is 8.58. The van der Waals surface area contributed by atoms with Crippen molar-refractivity contribution in [3.05, 3.63) is 17.5 Å². The van der Waals surface area contributed by atoms with Gasteiger partial charge in [-0.05, 0) is 13.3 Å². The molecule has 0 aliphatic heterocycles. The summed E-state index contributed by atoms with van der Waals surface area (Å²) in [6.07, 6.45) is 3.69. The molecule has 1 aromatic heterocycles. The summed E-state index contributed by atoms with van der Waals surface area (Å²) in [5.41, 5.74) is 0. The molecule has 0 spiro atoms. The third-order valence-corrected chi connectivity index (χ3v) is 1.83. The van der Waals surface area contributed by atoms with E-state index in [9.17, 15) is 0 Å². The molecule has 0 N–H and O–H groups in total. The number of hydrogen-bond acceptors (Lipinski definition) is 3. The lowest BCUT2D eigenvalue weighted by Crippen LogP contribution is -2.11. The van der Waals surface area contributed by atoms with Gasteiger partial charge in [-0.2, -0.15) is 0 Å². The summed E-state index contributed by atoms with van der Waals surface area (Å²) in [7, 11) is 0. The minimum Gasteiger partial charge on any atom is -0.475 e. The molecule has 1 heterocycles. The average Bonchev–Trinajstić information content (AvgIpc) is 2.04. The Bertz CT molecular complexity index is 268. The molecule has 0 fully saturated rings. The van der Waals surface area contributed by atoms with Crippen LogP contribution in [0.15, 0.2) is 12.4 Å². The second-order valence-corrected chi connectivity index (χ2v) is 3.28. The fourth-order valence-corrected chi connectivity index (χ4v) is 1.19. The van der Waals surface area contributed by atoms with Crippen LogP contribution in [0.5, 0.6) is 5.88 Å². The van der Waals surface area contributed by atoms with Crippen molar-refractivity contribution in [2.45, 2.75) is 32.8 Å². The van der Waals surface area contributed by atoms with E-state index >= 15 is 0 Å². The van der Waals surface area contributed by atoms with Crippen molar-refractivity contribution in [1.82, 2.24) is 9.97 Å². The molecule has 0 aliphatic carbocycles. The molecule has 0 saturated carbocycles. The smallest absolute Gasteiger partial charge is 0.218 e. The number of hydrogen-bond donors (Lipinski definition) is 0. The van der Waals surface area contributed by atoms with Crippen LogP contribution in [0.4, 0.5) is 0 Å². The Morgan fingerprint density at radius 1 is 1.54 bits per heavy atom. The fourth-order valence-electron chi connectivity index (χ4n) is 1.05. The Morgan fingerprint density at radius 3 is 2.92 bits per heavy atom. The lowest BCUT2D eigenvalue weighted by Gasteiger charge is -2.11. The monoisotopic (exact) mass is 200 g/mol. The highest BCUT2D eigenvalue weighted by atomic mass is 35.5. The van der Waals surface area contributed by atoms with Crippen LogP contribution in [0.25, 0.3) is 0 Å². The highest BCUT2D eigenvalue weighted by Crippen LogP contribution is 2.13. The van der Waals surface area contributed by atoms with Crippen molar-refractivity contribution in [1.29, 1.82) is 0 Å². The maximum absolute atomic E-state index is 5.67. The first-order valence-electron chi connectivity index (χ1n) is 4.36. The summed E-state index contributed by atoms with van der Waals surface area (Å²) in [4.78, 5) is 7.71. The first kappa shape index (κ1) is 10.3. The molecule has 1 atom stereocenters. The molecule has 0 radical (unpaired) electrons. The van der Waals surface area contributed by atoms with Crippen LogP contribution in [0.1, 0.15) is 26.7 Å². The highest BCUT2D eigenvalue weighted by Gasteiger charge is 2.03. The minimum atomic E-state index is 0.177. The lowest BCUT2D eigenvalue weighted by atomic mass is 10.2. The molecular weight excluding hydrogens is 188 g/mol. The second kappa shape index (κ2) is 5.02. The van der Waals surface area contributed by atoms with Gasteiger partial charge in [0, 0.05) is 6.07 Å². The topological polar surface area (TPSA) is 35.0 Å². The van der Waals surface area contributed by atoms with Crippen LogP contribution in [0.2, 0.25) is 5.15 Å². The molecule has 72 valence electrons. The third kappa shape index (κ3) is 3.59. The Morgan fingerprint density at radius 2 is 2.31 bits per heavy atom. The molecule has 0 aromatic carbocycles. The molecule has 4 heteroatoms. The van der Waals surface area contributed by atoms with Gasteiger partial charge in [0.25, 0.3) is 0 Å². The molecule has 0 bridgehead atoms. The fraction of sp³-hybridized carbons (Fsp3) is 0.556. The van der Waals surface area contributed by atoms with Crippen LogP contribution in [-0.4, -0.2) is 16.1 Å². The molecule has 0 aliphatic rings. The first-order chi connectivity index (χ1) is 6.22. The van der Waals surface area contributed by atoms with Crippen molar-refractivity contribution in [2.75, 3.05) is 0 Å². The van der Waals surface area contributed by atoms with E-state index in [-0.39, 0.29) is 6.10 Å². The van der Waals surface area contributed by atoms with E-state index in [1.165, 1.54) is 6.33 Å². The van der Waals surface area contributed by atoms with Gasteiger partial charge in [-0.25, -0.2) is 9.97 Å². The molecular formula is C9H13ClN2O. The van der Waals surface area contributed by atoms with Crippen molar-refractivity contribution in [3.8, 4) is 5.88 Å². The highest BCUT2D eigenvalue weighted by molar-refractivity contribution is 6.29. The number of aromatic nitrogens is 2. The zero-order chi connectivity index (χ0) is 9.68. The normalized spacial score (nSPS) is 12.5. The lowest BCUT2D eigenvalue weighted by molar-refractivity contribution is 0.201. The second-order valence-electron chi connectivity index (χ2n) is 2.90. The van der Waals surface area contributed by atoms with Crippen LogP contribution in [0, 0.1) is 0 Å². The number of ether oxygens (including phenoxy) is 1. The van der Waals surface area contributed by atoms with E-state index < -0.39 is 0 Å². The maximum Gasteiger partial charge on any atom is 0.218 e. The molecule has 1 aromatic rings. The van der Waals surface area contributed by atoms with Crippen molar-refractivity contribution >= 4 is 11.6 Å². The van der Waals surface area contributed by atoms with E-state index in [1.54, 1.807) is 6.07 Å². The van der Waals surface area contributed by atoms with Crippen LogP contribution in [-0.2, 0) is 0 Å². The van der Waals surface area contributed by atoms with Crippen molar-refractivity contribution in [2.24, 2.45) is 0 Å². The quantitative estimate of drug-likeness (QED) is 0.701. The van der Waals surface area contributed by atoms with Crippen molar-refractivity contribution in [3.63, 3.8) is 0 Å². The van der Waals surface area contributed by atoms with Gasteiger partial charge in [0.05, 0.1) is 6.10 Å². The summed E-state index contributed by atoms with van der Waals surface area (Å²) in [5, 5.41) is 0.411. The van der Waals surface area contributed by atoms with E-state index in [1.807, 2.05) is 6.92 Å². The molecule has 0 amide bonds. The molecule has 13 heavy (non-hydrogen) atoms. The van der Waals surface area contributed by atoms with Gasteiger partial charge in [0.15, 0.2) is 0 Å². The third-order valence-electron chi connectivity index (χ3n) is 1.63. The number of halogens is 1. The number of nitrogens with zero attached hydrogens (tertiary/aromatic N) is 2. The maximum atomic E-state index is 5.67. The van der Waals surface area contributed by atoms with Gasteiger partial charge in [-0.3, -0.25) is 0 Å². The molecule has 3 nitrogen and oxygen atoms in total. The largest absolute Gasteiger partial charge is 0.475 e. The molecule has 1 rings (SSSR count). The van der Waals surface area contributed by atoms with Crippen molar-refractivity contribution < 1.29 is 4.74 Å². The van der Waals surface area contributed by atoms with E-state index in [0.717, 1.165) is 12.8 Å². The molecule has 0 saturated heterocycles. The predicted molar refractivity (Wildman–Crippen MR) is 52.0 cm³/mol. The predicted octanol–water partition coefficient (Wildman–Crippen LogP) is 2.70. The summed E-state index contributed by atoms with van der Waals surface area (Å²) in [5.74, 6) is 0.543. The van der Waals surface area contributed by atoms with Gasteiger partial charge in [0.2, 0.25) is 5.88 Å². The van der Waals surface area contributed by atoms with Gasteiger partial charge in [0.1, 0.15) is 11.5 Å². The van der Waals surface area contributed by atoms with Gasteiger partial charge >= 0.3 is 0 Å². The van der Waals surface area contributed by atoms with E-state index in [2.05, 4.69) is 16.9 Å². The van der Waals surface area contributed by atoms with Gasteiger partial charge in [-0.1, -0.05) is 24.9 Å². The van der Waals surface area contributed by atoms with E-state index in [0.29, 0.717) is 11.0 Å². The Kier molecular flexibility index (Phi) is 3.96. The van der Waals surface area contributed by atoms with Gasteiger partial charge < -0.3 is 4.74 Å². The zero-order valence-electron chi connectivity index (χ0n) is 7.83. The molecule has 1 unspecified atom stereocenters. The minimum absolute atomic E-state index is 0.177. The summed E-state index contributed by atoms with van der Waals surface area (Å²) in [6.45, 7) is 4.13. The Labute approximate surface area is 83.1 Å². The Balaban J connectivity index is 2.53. The van der Waals surface area contributed by atoms with Crippen LogP contribution >= 0.6 is 11.6 Å². The SMILES string of the molecule is CCCC(C)Oc1cc(Cl)ncn1. The van der Waals surface area contributed by atoms with E-state index in [4.69, 9.17) is 16.3 Å². The summed E-state index contributed by atoms with van der Waals surface area (Å²) >= 11 is 5.67. The summed E-state index contributed by atoms with van der Waals surface area (Å²) in [6, 6.07) is 1.62. The summed E-state index contributed by atoms with van der Waals surface area (Å²) < 4.78 is 5.50. The van der Waals surface area contributed by atoms with Gasteiger partial charge in [-0.15, -0.1) is 0 Å².